The Balaban J connectivity index is 2.11. The van der Waals surface area contributed by atoms with Crippen molar-refractivity contribution in [3.05, 3.63) is 48.2 Å². The molecule has 0 spiro atoms. The van der Waals surface area contributed by atoms with Gasteiger partial charge in [-0.3, -0.25) is 9.59 Å². The van der Waals surface area contributed by atoms with E-state index in [0.717, 1.165) is 16.5 Å². The van der Waals surface area contributed by atoms with Crippen LogP contribution in [0.25, 0.3) is 27.7 Å². The van der Waals surface area contributed by atoms with Gasteiger partial charge in [-0.15, -0.1) is 0 Å². The van der Waals surface area contributed by atoms with Crippen molar-refractivity contribution >= 4 is 28.4 Å². The van der Waals surface area contributed by atoms with Gasteiger partial charge in [0.2, 0.25) is 5.91 Å². The van der Waals surface area contributed by atoms with Gasteiger partial charge >= 0.3 is 5.97 Å². The van der Waals surface area contributed by atoms with Crippen molar-refractivity contribution in [3.8, 4) is 28.4 Å². The second kappa shape index (κ2) is 9.47. The lowest BCUT2D eigenvalue weighted by Crippen LogP contribution is -2.37. The molecule has 2 aromatic carbocycles. The van der Waals surface area contributed by atoms with E-state index in [0.29, 0.717) is 34.0 Å². The van der Waals surface area contributed by atoms with Gasteiger partial charge in [-0.25, -0.2) is 0 Å². The molecule has 168 valence electrons. The summed E-state index contributed by atoms with van der Waals surface area (Å²) in [6, 6.07) is 8.09. The monoisotopic (exact) mass is 439 g/mol. The topological polar surface area (TPSA) is 107 Å². The number of furan rings is 1. The first-order valence-electron chi connectivity index (χ1n) is 9.82. The summed E-state index contributed by atoms with van der Waals surface area (Å²) in [5.41, 5.74) is 3.45. The number of fused-ring (bicyclic) bond motifs is 1. The largest absolute Gasteiger partial charge is 0.497 e. The third kappa shape index (κ3) is 4.54. The number of aliphatic carboxylic acids is 1. The Morgan fingerprint density at radius 1 is 1.03 bits per heavy atom. The summed E-state index contributed by atoms with van der Waals surface area (Å²) in [5, 5.41) is 12.2. The zero-order valence-corrected chi connectivity index (χ0v) is 18.5. The number of hydrogen-bond donors (Lipinski definition) is 2. The van der Waals surface area contributed by atoms with E-state index in [1.807, 2.05) is 24.3 Å². The van der Waals surface area contributed by atoms with Crippen molar-refractivity contribution in [2.24, 2.45) is 0 Å². The fourth-order valence-corrected chi connectivity index (χ4v) is 3.36. The predicted octanol–water partition coefficient (Wildman–Crippen LogP) is 4.12. The van der Waals surface area contributed by atoms with E-state index in [4.69, 9.17) is 23.7 Å². The van der Waals surface area contributed by atoms with Crippen LogP contribution in [-0.2, 0) is 9.59 Å². The van der Waals surface area contributed by atoms with E-state index in [9.17, 15) is 9.59 Å². The van der Waals surface area contributed by atoms with Crippen molar-refractivity contribution in [1.29, 1.82) is 0 Å². The van der Waals surface area contributed by atoms with Gasteiger partial charge in [-0.2, -0.15) is 0 Å². The van der Waals surface area contributed by atoms with Gasteiger partial charge in [0, 0.05) is 34.2 Å². The zero-order chi connectivity index (χ0) is 23.4. The average Bonchev–Trinajstić information content (AvgIpc) is 3.20. The quantitative estimate of drug-likeness (QED) is 0.509. The van der Waals surface area contributed by atoms with Gasteiger partial charge in [-0.05, 0) is 43.7 Å². The van der Waals surface area contributed by atoms with Crippen molar-refractivity contribution < 1.29 is 33.3 Å². The fraction of sp³-hybridized carbons (Fsp3) is 0.250. The zero-order valence-electron chi connectivity index (χ0n) is 18.5. The number of carboxylic acid groups (broad SMARTS) is 1. The number of ether oxygens (including phenoxy) is 3. The minimum absolute atomic E-state index is 0.513. The molecule has 2 N–H and O–H groups in total. The lowest BCUT2D eigenvalue weighted by atomic mass is 9.98. The first kappa shape index (κ1) is 22.7. The third-order valence-corrected chi connectivity index (χ3v) is 5.09. The first-order chi connectivity index (χ1) is 15.3. The van der Waals surface area contributed by atoms with Crippen molar-refractivity contribution in [2.45, 2.75) is 19.9 Å². The Kier molecular flexibility index (Phi) is 6.73. The summed E-state index contributed by atoms with van der Waals surface area (Å²) in [6.07, 6.45) is 2.97. The van der Waals surface area contributed by atoms with Gasteiger partial charge in [0.05, 0.1) is 27.6 Å². The molecule has 0 bridgehead atoms. The molecule has 1 atom stereocenters. The molecule has 1 unspecified atom stereocenters. The van der Waals surface area contributed by atoms with Gasteiger partial charge in [0.25, 0.3) is 0 Å². The number of carboxylic acids is 1. The van der Waals surface area contributed by atoms with Gasteiger partial charge in [0.1, 0.15) is 28.9 Å². The maximum Gasteiger partial charge on any atom is 0.325 e. The maximum absolute atomic E-state index is 12.3. The van der Waals surface area contributed by atoms with Gasteiger partial charge in [-0.1, -0.05) is 0 Å². The SMILES string of the molecule is COc1ccc(OC)c(-c2coc3cc(OC)c(/C(C)=C/C(=O)NC(C)C(=O)O)cc23)c1. The smallest absolute Gasteiger partial charge is 0.325 e. The molecular weight excluding hydrogens is 414 g/mol. The molecule has 0 aliphatic rings. The Bertz CT molecular complexity index is 1190. The average molecular weight is 439 g/mol. The standard InChI is InChI=1S/C24H25NO7/c1-13(8-23(26)25-14(2)24(27)28)16-10-18-19(12-32-22(18)11-21(16)31-5)17-9-15(29-3)6-7-20(17)30-4/h6-12,14H,1-5H3,(H,25,26)(H,27,28)/b13-8+. The van der Waals surface area contributed by atoms with Crippen LogP contribution in [0.15, 0.2) is 47.1 Å². The molecule has 32 heavy (non-hydrogen) atoms. The van der Waals surface area contributed by atoms with E-state index in [2.05, 4.69) is 5.32 Å². The minimum atomic E-state index is -1.11. The van der Waals surface area contributed by atoms with Gasteiger partial charge < -0.3 is 29.1 Å². The number of allylic oxidation sites excluding steroid dienone is 1. The molecule has 1 heterocycles. The first-order valence-corrected chi connectivity index (χ1v) is 9.82. The minimum Gasteiger partial charge on any atom is -0.497 e. The summed E-state index contributed by atoms with van der Waals surface area (Å²) in [5.74, 6) is 0.216. The Hall–Kier alpha value is -3.94. The molecule has 0 radical (unpaired) electrons. The lowest BCUT2D eigenvalue weighted by Gasteiger charge is -2.12. The number of nitrogens with one attached hydrogen (secondary N) is 1. The van der Waals surface area contributed by atoms with Crippen molar-refractivity contribution in [3.63, 3.8) is 0 Å². The van der Waals surface area contributed by atoms with Crippen LogP contribution in [0.1, 0.15) is 19.4 Å². The van der Waals surface area contributed by atoms with Crippen LogP contribution in [0, 0.1) is 0 Å². The van der Waals surface area contributed by atoms with Crippen molar-refractivity contribution in [2.75, 3.05) is 21.3 Å². The van der Waals surface area contributed by atoms with Crippen LogP contribution in [0.5, 0.6) is 17.2 Å². The summed E-state index contributed by atoms with van der Waals surface area (Å²) < 4.78 is 22.1. The van der Waals surface area contributed by atoms with Crippen LogP contribution in [0.3, 0.4) is 0 Å². The highest BCUT2D eigenvalue weighted by atomic mass is 16.5. The molecule has 0 fully saturated rings. The molecule has 8 heteroatoms. The summed E-state index contributed by atoms with van der Waals surface area (Å²) in [6.45, 7) is 3.15. The van der Waals surface area contributed by atoms with Crippen LogP contribution in [0.2, 0.25) is 0 Å². The van der Waals surface area contributed by atoms with E-state index in [-0.39, 0.29) is 0 Å². The number of carbonyl (C=O) groups is 2. The molecular formula is C24H25NO7. The molecule has 3 rings (SSSR count). The number of benzene rings is 2. The number of carbonyl (C=O) groups excluding carboxylic acids is 1. The van der Waals surface area contributed by atoms with E-state index in [1.165, 1.54) is 20.1 Å². The molecule has 0 aliphatic carbocycles. The summed E-state index contributed by atoms with van der Waals surface area (Å²) >= 11 is 0. The number of hydrogen-bond acceptors (Lipinski definition) is 6. The maximum atomic E-state index is 12.3. The molecule has 0 saturated carbocycles. The molecule has 0 aliphatic heterocycles. The van der Waals surface area contributed by atoms with Crippen LogP contribution >= 0.6 is 0 Å². The van der Waals surface area contributed by atoms with Crippen LogP contribution in [-0.4, -0.2) is 44.4 Å². The Morgan fingerprint density at radius 3 is 2.38 bits per heavy atom. The highest BCUT2D eigenvalue weighted by Gasteiger charge is 2.18. The lowest BCUT2D eigenvalue weighted by molar-refractivity contribution is -0.140. The van der Waals surface area contributed by atoms with Crippen LogP contribution < -0.4 is 19.5 Å². The Labute approximate surface area is 185 Å². The number of rotatable bonds is 8. The molecule has 1 amide bonds. The van der Waals surface area contributed by atoms with E-state index >= 15 is 0 Å². The molecule has 3 aromatic rings. The van der Waals surface area contributed by atoms with Gasteiger partial charge in [0.15, 0.2) is 0 Å². The predicted molar refractivity (Wildman–Crippen MR) is 120 cm³/mol. The summed E-state index contributed by atoms with van der Waals surface area (Å²) in [7, 11) is 4.71. The van der Waals surface area contributed by atoms with Crippen molar-refractivity contribution in [1.82, 2.24) is 5.32 Å². The molecule has 0 saturated heterocycles. The highest BCUT2D eigenvalue weighted by molar-refractivity contribution is 6.01. The number of methoxy groups -OCH3 is 3. The highest BCUT2D eigenvalue weighted by Crippen LogP contribution is 2.41. The Morgan fingerprint density at radius 2 is 1.75 bits per heavy atom. The number of amides is 1. The normalized spacial score (nSPS) is 12.3. The second-order valence-electron chi connectivity index (χ2n) is 7.16. The van der Waals surface area contributed by atoms with E-state index in [1.54, 1.807) is 33.5 Å². The fourth-order valence-electron chi connectivity index (χ4n) is 3.36. The van der Waals surface area contributed by atoms with E-state index < -0.39 is 17.9 Å². The third-order valence-electron chi connectivity index (χ3n) is 5.09. The molecule has 8 nitrogen and oxygen atoms in total. The summed E-state index contributed by atoms with van der Waals surface area (Å²) in [4.78, 5) is 23.2. The van der Waals surface area contributed by atoms with Crippen LogP contribution in [0.4, 0.5) is 0 Å². The second-order valence-corrected chi connectivity index (χ2v) is 7.16. The molecule has 1 aromatic heterocycles.